The fourth-order valence-corrected chi connectivity index (χ4v) is 2.63. The molecule has 0 aliphatic carbocycles. The van der Waals surface area contributed by atoms with Crippen molar-refractivity contribution in [1.82, 2.24) is 10.2 Å². The predicted molar refractivity (Wildman–Crippen MR) is 75.0 cm³/mol. The van der Waals surface area contributed by atoms with Crippen LogP contribution < -0.4 is 14.8 Å². The molecule has 1 saturated heterocycles. The van der Waals surface area contributed by atoms with Gasteiger partial charge in [0.2, 0.25) is 0 Å². The zero-order valence-electron chi connectivity index (χ0n) is 11.7. The van der Waals surface area contributed by atoms with E-state index in [4.69, 9.17) is 9.47 Å². The third-order valence-electron chi connectivity index (χ3n) is 3.82. The fraction of sp³-hybridized carbons (Fsp3) is 0.600. The van der Waals surface area contributed by atoms with E-state index in [0.29, 0.717) is 36.7 Å². The molecule has 2 aliphatic heterocycles. The van der Waals surface area contributed by atoms with Crippen LogP contribution in [0.25, 0.3) is 0 Å². The number of nitrogens with one attached hydrogen (secondary N) is 1. The number of benzene rings is 1. The molecule has 3 rings (SSSR count). The largest absolute Gasteiger partial charge is 0.490 e. The minimum absolute atomic E-state index is 0.190. The van der Waals surface area contributed by atoms with Crippen molar-refractivity contribution in [3.05, 3.63) is 23.5 Å². The Morgan fingerprint density at radius 1 is 1.10 bits per heavy atom. The monoisotopic (exact) mass is 280 g/mol. The number of fused-ring (bicyclic) bond motifs is 1. The number of ether oxygens (including phenoxy) is 2. The number of hydrogen-bond donors (Lipinski definition) is 1. The molecule has 1 aromatic rings. The fourth-order valence-electron chi connectivity index (χ4n) is 2.63. The van der Waals surface area contributed by atoms with Gasteiger partial charge in [0, 0.05) is 45.2 Å². The summed E-state index contributed by atoms with van der Waals surface area (Å²) < 4.78 is 25.2. The zero-order valence-corrected chi connectivity index (χ0v) is 11.7. The van der Waals surface area contributed by atoms with Crippen molar-refractivity contribution >= 4 is 0 Å². The van der Waals surface area contributed by atoms with Gasteiger partial charge in [0.25, 0.3) is 0 Å². The molecule has 2 heterocycles. The molecule has 20 heavy (non-hydrogen) atoms. The van der Waals surface area contributed by atoms with Gasteiger partial charge in [0.05, 0.1) is 13.2 Å². The van der Waals surface area contributed by atoms with E-state index in [0.717, 1.165) is 39.1 Å². The molecule has 110 valence electrons. The molecule has 4 nitrogen and oxygen atoms in total. The van der Waals surface area contributed by atoms with Gasteiger partial charge in [-0.1, -0.05) is 0 Å². The lowest BCUT2D eigenvalue weighted by Crippen LogP contribution is -2.44. The van der Waals surface area contributed by atoms with Crippen LogP contribution in [0.4, 0.5) is 4.39 Å². The Balaban J connectivity index is 1.67. The van der Waals surface area contributed by atoms with Crippen LogP contribution in [0.5, 0.6) is 11.5 Å². The van der Waals surface area contributed by atoms with E-state index in [1.165, 1.54) is 6.07 Å². The van der Waals surface area contributed by atoms with Gasteiger partial charge < -0.3 is 19.7 Å². The summed E-state index contributed by atoms with van der Waals surface area (Å²) in [4.78, 5) is 2.36. The number of piperazine rings is 1. The Hall–Kier alpha value is -1.33. The summed E-state index contributed by atoms with van der Waals surface area (Å²) in [5.41, 5.74) is 0.716. The van der Waals surface area contributed by atoms with Crippen LogP contribution in [-0.2, 0) is 6.42 Å². The van der Waals surface area contributed by atoms with Crippen LogP contribution in [0.3, 0.4) is 0 Å². The van der Waals surface area contributed by atoms with Crippen molar-refractivity contribution in [3.63, 3.8) is 0 Å². The summed E-state index contributed by atoms with van der Waals surface area (Å²) in [6.45, 7) is 6.21. The molecule has 0 atom stereocenters. The van der Waals surface area contributed by atoms with Crippen LogP contribution in [-0.4, -0.2) is 50.8 Å². The van der Waals surface area contributed by atoms with Gasteiger partial charge in [-0.3, -0.25) is 0 Å². The van der Waals surface area contributed by atoms with Crippen LogP contribution in [0.1, 0.15) is 12.0 Å². The Morgan fingerprint density at radius 3 is 2.55 bits per heavy atom. The van der Waals surface area contributed by atoms with Gasteiger partial charge in [-0.2, -0.15) is 0 Å². The Labute approximate surface area is 118 Å². The lowest BCUT2D eigenvalue weighted by atomic mass is 10.1. The van der Waals surface area contributed by atoms with Crippen LogP contribution >= 0.6 is 0 Å². The van der Waals surface area contributed by atoms with E-state index in [9.17, 15) is 4.39 Å². The lowest BCUT2D eigenvalue weighted by molar-refractivity contribution is 0.243. The van der Waals surface area contributed by atoms with E-state index in [1.807, 2.05) is 0 Å². The summed E-state index contributed by atoms with van der Waals surface area (Å²) in [6.07, 6.45) is 1.55. The summed E-state index contributed by atoms with van der Waals surface area (Å²) in [5.74, 6) is 1.02. The summed E-state index contributed by atoms with van der Waals surface area (Å²) >= 11 is 0. The molecule has 0 unspecified atom stereocenters. The van der Waals surface area contributed by atoms with Crippen molar-refractivity contribution in [2.45, 2.75) is 12.8 Å². The maximum Gasteiger partial charge on any atom is 0.164 e. The highest BCUT2D eigenvalue weighted by Gasteiger charge is 2.16. The molecular weight excluding hydrogens is 259 g/mol. The van der Waals surface area contributed by atoms with Gasteiger partial charge in [0.1, 0.15) is 5.82 Å². The van der Waals surface area contributed by atoms with Gasteiger partial charge in [-0.15, -0.1) is 0 Å². The zero-order chi connectivity index (χ0) is 13.8. The van der Waals surface area contributed by atoms with Crippen LogP contribution in [0.2, 0.25) is 0 Å². The second-order valence-electron chi connectivity index (χ2n) is 5.28. The maximum absolute atomic E-state index is 14.1. The normalized spacial score (nSPS) is 19.6. The average Bonchev–Trinajstić information content (AvgIpc) is 2.70. The van der Waals surface area contributed by atoms with Crippen molar-refractivity contribution in [2.24, 2.45) is 0 Å². The summed E-state index contributed by atoms with van der Waals surface area (Å²) in [5, 5.41) is 3.32. The first-order valence-corrected chi connectivity index (χ1v) is 7.34. The molecule has 2 aliphatic rings. The second-order valence-corrected chi connectivity index (χ2v) is 5.28. The molecule has 1 fully saturated rings. The molecular formula is C15H21FN2O2. The first-order chi connectivity index (χ1) is 9.83. The van der Waals surface area contributed by atoms with Gasteiger partial charge in [-0.05, 0) is 18.1 Å². The highest BCUT2D eigenvalue weighted by molar-refractivity contribution is 5.44. The molecule has 0 spiro atoms. The maximum atomic E-state index is 14.1. The summed E-state index contributed by atoms with van der Waals surface area (Å²) in [7, 11) is 0. The average molecular weight is 280 g/mol. The smallest absolute Gasteiger partial charge is 0.164 e. The predicted octanol–water partition coefficient (Wildman–Crippen LogP) is 1.43. The molecule has 0 radical (unpaired) electrons. The minimum Gasteiger partial charge on any atom is -0.490 e. The molecule has 5 heteroatoms. The van der Waals surface area contributed by atoms with Gasteiger partial charge in [0.15, 0.2) is 11.5 Å². The van der Waals surface area contributed by atoms with E-state index in [2.05, 4.69) is 10.2 Å². The first kappa shape index (κ1) is 13.6. The van der Waals surface area contributed by atoms with Crippen molar-refractivity contribution < 1.29 is 13.9 Å². The Morgan fingerprint density at radius 2 is 1.80 bits per heavy atom. The molecule has 0 aromatic heterocycles. The van der Waals surface area contributed by atoms with Crippen molar-refractivity contribution in [3.8, 4) is 11.5 Å². The quantitative estimate of drug-likeness (QED) is 0.908. The van der Waals surface area contributed by atoms with Gasteiger partial charge >= 0.3 is 0 Å². The SMILES string of the molecule is Fc1cc2c(cc1CCN1CCNCC1)OCCCO2. The highest BCUT2D eigenvalue weighted by atomic mass is 19.1. The lowest BCUT2D eigenvalue weighted by Gasteiger charge is -2.27. The van der Waals surface area contributed by atoms with E-state index >= 15 is 0 Å². The number of nitrogens with zero attached hydrogens (tertiary/aromatic N) is 1. The van der Waals surface area contributed by atoms with Gasteiger partial charge in [-0.25, -0.2) is 4.39 Å². The summed E-state index contributed by atoms with van der Waals surface area (Å²) in [6, 6.07) is 3.27. The third-order valence-corrected chi connectivity index (χ3v) is 3.82. The number of halogens is 1. The molecule has 0 bridgehead atoms. The molecule has 1 N–H and O–H groups in total. The third kappa shape index (κ3) is 3.22. The number of hydrogen-bond acceptors (Lipinski definition) is 4. The molecule has 0 saturated carbocycles. The highest BCUT2D eigenvalue weighted by Crippen LogP contribution is 2.32. The first-order valence-electron chi connectivity index (χ1n) is 7.34. The topological polar surface area (TPSA) is 33.7 Å². The van der Waals surface area contributed by atoms with E-state index < -0.39 is 0 Å². The van der Waals surface area contributed by atoms with Crippen LogP contribution in [0, 0.1) is 5.82 Å². The van der Waals surface area contributed by atoms with Crippen LogP contribution in [0.15, 0.2) is 12.1 Å². The van der Waals surface area contributed by atoms with Crippen molar-refractivity contribution in [1.29, 1.82) is 0 Å². The Kier molecular flexibility index (Phi) is 4.38. The van der Waals surface area contributed by atoms with E-state index in [-0.39, 0.29) is 5.82 Å². The standard InChI is InChI=1S/C15H21FN2O2/c16-13-11-15-14(19-8-1-9-20-15)10-12(13)2-5-18-6-3-17-4-7-18/h10-11,17H,1-9H2. The van der Waals surface area contributed by atoms with Crippen molar-refractivity contribution in [2.75, 3.05) is 45.9 Å². The minimum atomic E-state index is -0.190. The molecule has 0 amide bonds. The molecule has 1 aromatic carbocycles. The Bertz CT molecular complexity index is 461. The van der Waals surface area contributed by atoms with E-state index in [1.54, 1.807) is 6.07 Å². The second kappa shape index (κ2) is 6.41. The number of rotatable bonds is 3.